The van der Waals surface area contributed by atoms with E-state index >= 15 is 0 Å². The number of benzene rings is 1. The fourth-order valence-corrected chi connectivity index (χ4v) is 1.58. The first-order valence-corrected chi connectivity index (χ1v) is 4.95. The van der Waals surface area contributed by atoms with E-state index in [1.54, 1.807) is 0 Å². The molecule has 82 valence electrons. The molecule has 0 spiro atoms. The van der Waals surface area contributed by atoms with Gasteiger partial charge in [0.1, 0.15) is 5.82 Å². The first kappa shape index (κ1) is 10.4. The number of nitrogens with one attached hydrogen (secondary N) is 1. The third kappa shape index (κ3) is 1.82. The number of rotatable bonds is 1. The van der Waals surface area contributed by atoms with Gasteiger partial charge in [-0.05, 0) is 25.0 Å². The number of aromatic hydroxyl groups is 1. The minimum atomic E-state index is -0.358. The van der Waals surface area contributed by atoms with Gasteiger partial charge in [-0.25, -0.2) is 0 Å². The van der Waals surface area contributed by atoms with E-state index in [1.807, 2.05) is 32.0 Å². The third-order valence-electron chi connectivity index (χ3n) is 2.59. The summed E-state index contributed by atoms with van der Waals surface area (Å²) < 4.78 is 0. The molecule has 2 rings (SSSR count). The van der Waals surface area contributed by atoms with Gasteiger partial charge in [0.2, 0.25) is 5.88 Å². The van der Waals surface area contributed by atoms with Gasteiger partial charge in [0.15, 0.2) is 0 Å². The lowest BCUT2D eigenvalue weighted by Gasteiger charge is -2.07. The summed E-state index contributed by atoms with van der Waals surface area (Å²) in [7, 11) is 0. The van der Waals surface area contributed by atoms with Crippen molar-refractivity contribution in [1.29, 1.82) is 0 Å². The SMILES string of the molecule is Cc1cccc(-c2nc(O)cc(=O)[nH]2)c1C. The highest BCUT2D eigenvalue weighted by Crippen LogP contribution is 2.22. The van der Waals surface area contributed by atoms with Gasteiger partial charge in [0, 0.05) is 5.56 Å². The Hall–Kier alpha value is -2.10. The summed E-state index contributed by atoms with van der Waals surface area (Å²) in [6.45, 7) is 3.94. The number of aromatic amines is 1. The molecule has 4 nitrogen and oxygen atoms in total. The summed E-state index contributed by atoms with van der Waals surface area (Å²) in [6, 6.07) is 6.79. The van der Waals surface area contributed by atoms with Crippen LogP contribution in [0.25, 0.3) is 11.4 Å². The molecule has 0 fully saturated rings. The van der Waals surface area contributed by atoms with Gasteiger partial charge in [0.05, 0.1) is 6.07 Å². The maximum absolute atomic E-state index is 11.2. The van der Waals surface area contributed by atoms with Crippen molar-refractivity contribution in [3.63, 3.8) is 0 Å². The molecule has 16 heavy (non-hydrogen) atoms. The molecule has 0 radical (unpaired) electrons. The molecule has 1 aromatic heterocycles. The van der Waals surface area contributed by atoms with E-state index in [0.717, 1.165) is 22.8 Å². The standard InChI is InChI=1S/C12H12N2O2/c1-7-4-3-5-9(8(7)2)12-13-10(15)6-11(16)14-12/h3-6H,1-2H3,(H2,13,14,15,16). The second-order valence-corrected chi connectivity index (χ2v) is 3.70. The van der Waals surface area contributed by atoms with E-state index < -0.39 is 0 Å². The lowest BCUT2D eigenvalue weighted by atomic mass is 10.0. The molecule has 0 bridgehead atoms. The molecular weight excluding hydrogens is 204 g/mol. The van der Waals surface area contributed by atoms with Crippen LogP contribution >= 0.6 is 0 Å². The topological polar surface area (TPSA) is 66.0 Å². The van der Waals surface area contributed by atoms with Gasteiger partial charge in [0.25, 0.3) is 5.56 Å². The summed E-state index contributed by atoms with van der Waals surface area (Å²) in [5.41, 5.74) is 2.62. The smallest absolute Gasteiger partial charge is 0.254 e. The van der Waals surface area contributed by atoms with Crippen LogP contribution < -0.4 is 5.56 Å². The number of hydrogen-bond donors (Lipinski definition) is 2. The molecule has 4 heteroatoms. The van der Waals surface area contributed by atoms with E-state index in [1.165, 1.54) is 0 Å². The number of nitrogens with zero attached hydrogens (tertiary/aromatic N) is 1. The van der Waals surface area contributed by atoms with Crippen LogP contribution in [0.15, 0.2) is 29.1 Å². The second kappa shape index (κ2) is 3.81. The maximum atomic E-state index is 11.2. The van der Waals surface area contributed by atoms with E-state index in [0.29, 0.717) is 5.82 Å². The Morgan fingerprint density at radius 2 is 2.06 bits per heavy atom. The van der Waals surface area contributed by atoms with Gasteiger partial charge in [-0.15, -0.1) is 0 Å². The molecule has 0 saturated heterocycles. The van der Waals surface area contributed by atoms with Crippen LogP contribution in [0.5, 0.6) is 5.88 Å². The molecule has 0 atom stereocenters. The van der Waals surface area contributed by atoms with Crippen molar-refractivity contribution in [3.8, 4) is 17.3 Å². The first-order valence-electron chi connectivity index (χ1n) is 4.95. The normalized spacial score (nSPS) is 10.4. The Morgan fingerprint density at radius 1 is 1.31 bits per heavy atom. The van der Waals surface area contributed by atoms with Crippen molar-refractivity contribution in [2.75, 3.05) is 0 Å². The molecule has 0 unspecified atom stereocenters. The Morgan fingerprint density at radius 3 is 2.75 bits per heavy atom. The Kier molecular flexibility index (Phi) is 2.48. The lowest BCUT2D eigenvalue weighted by Crippen LogP contribution is -2.07. The number of aryl methyl sites for hydroxylation is 1. The van der Waals surface area contributed by atoms with Crippen molar-refractivity contribution in [1.82, 2.24) is 9.97 Å². The zero-order valence-corrected chi connectivity index (χ0v) is 9.11. The van der Waals surface area contributed by atoms with E-state index in [9.17, 15) is 9.90 Å². The van der Waals surface area contributed by atoms with Gasteiger partial charge < -0.3 is 10.1 Å². The number of H-pyrrole nitrogens is 1. The predicted molar refractivity (Wildman–Crippen MR) is 61.4 cm³/mol. The summed E-state index contributed by atoms with van der Waals surface area (Å²) in [5, 5.41) is 9.28. The Bertz CT molecular complexity index is 588. The largest absolute Gasteiger partial charge is 0.493 e. The summed E-state index contributed by atoms with van der Waals surface area (Å²) in [4.78, 5) is 17.7. The molecule has 2 N–H and O–H groups in total. The van der Waals surface area contributed by atoms with Crippen LogP contribution in [0.1, 0.15) is 11.1 Å². The summed E-state index contributed by atoms with van der Waals surface area (Å²) >= 11 is 0. The van der Waals surface area contributed by atoms with Crippen LogP contribution in [0.4, 0.5) is 0 Å². The van der Waals surface area contributed by atoms with Crippen molar-refractivity contribution in [3.05, 3.63) is 45.7 Å². The maximum Gasteiger partial charge on any atom is 0.254 e. The second-order valence-electron chi connectivity index (χ2n) is 3.70. The molecule has 0 amide bonds. The number of aromatic nitrogens is 2. The van der Waals surface area contributed by atoms with E-state index in [2.05, 4.69) is 9.97 Å². The van der Waals surface area contributed by atoms with Crippen LogP contribution in [-0.4, -0.2) is 15.1 Å². The average Bonchev–Trinajstić information content (AvgIpc) is 2.20. The van der Waals surface area contributed by atoms with Gasteiger partial charge >= 0.3 is 0 Å². The van der Waals surface area contributed by atoms with E-state index in [4.69, 9.17) is 0 Å². The highest BCUT2D eigenvalue weighted by Gasteiger charge is 2.07. The quantitative estimate of drug-likeness (QED) is 0.763. The zero-order chi connectivity index (χ0) is 11.7. The average molecular weight is 216 g/mol. The fraction of sp³-hybridized carbons (Fsp3) is 0.167. The fourth-order valence-electron chi connectivity index (χ4n) is 1.58. The zero-order valence-electron chi connectivity index (χ0n) is 9.11. The van der Waals surface area contributed by atoms with Crippen LogP contribution in [0, 0.1) is 13.8 Å². The molecular formula is C12H12N2O2. The molecule has 0 aliphatic heterocycles. The summed E-state index contributed by atoms with van der Waals surface area (Å²) in [5.74, 6) is 0.130. The van der Waals surface area contributed by atoms with Crippen LogP contribution in [0.3, 0.4) is 0 Å². The third-order valence-corrected chi connectivity index (χ3v) is 2.59. The molecule has 2 aromatic rings. The molecule has 0 saturated carbocycles. The van der Waals surface area contributed by atoms with Crippen molar-refractivity contribution in [2.24, 2.45) is 0 Å². The van der Waals surface area contributed by atoms with Gasteiger partial charge in [-0.2, -0.15) is 4.98 Å². The minimum Gasteiger partial charge on any atom is -0.493 e. The molecule has 0 aliphatic rings. The predicted octanol–water partition coefficient (Wildman–Crippen LogP) is 1.76. The molecule has 1 aromatic carbocycles. The highest BCUT2D eigenvalue weighted by molar-refractivity contribution is 5.61. The Labute approximate surface area is 92.6 Å². The van der Waals surface area contributed by atoms with Crippen molar-refractivity contribution < 1.29 is 5.11 Å². The molecule has 0 aliphatic carbocycles. The Balaban J connectivity index is 2.67. The van der Waals surface area contributed by atoms with E-state index in [-0.39, 0.29) is 11.4 Å². The van der Waals surface area contributed by atoms with Crippen molar-refractivity contribution in [2.45, 2.75) is 13.8 Å². The lowest BCUT2D eigenvalue weighted by molar-refractivity contribution is 0.452. The van der Waals surface area contributed by atoms with Crippen LogP contribution in [-0.2, 0) is 0 Å². The number of hydrogen-bond acceptors (Lipinski definition) is 3. The minimum absolute atomic E-state index is 0.264. The summed E-state index contributed by atoms with van der Waals surface area (Å²) in [6.07, 6.45) is 0. The first-order chi connectivity index (χ1) is 7.58. The monoisotopic (exact) mass is 216 g/mol. The van der Waals surface area contributed by atoms with Gasteiger partial charge in [-0.1, -0.05) is 18.2 Å². The highest BCUT2D eigenvalue weighted by atomic mass is 16.3. The molecule has 1 heterocycles. The van der Waals surface area contributed by atoms with Crippen molar-refractivity contribution >= 4 is 0 Å². The van der Waals surface area contributed by atoms with Crippen LogP contribution in [0.2, 0.25) is 0 Å². The van der Waals surface area contributed by atoms with Gasteiger partial charge in [-0.3, -0.25) is 4.79 Å².